The Hall–Kier alpha value is -0.120. The Morgan fingerprint density at radius 1 is 1.27 bits per heavy atom. The molecule has 88 valence electrons. The average Bonchev–Trinajstić information content (AvgIpc) is 2.71. The van der Waals surface area contributed by atoms with Crippen LogP contribution in [0.2, 0.25) is 0 Å². The maximum absolute atomic E-state index is 5.39. The van der Waals surface area contributed by atoms with Gasteiger partial charge in [0.25, 0.3) is 0 Å². The highest BCUT2D eigenvalue weighted by Crippen LogP contribution is 2.20. The largest absolute Gasteiger partial charge is 0.380 e. The molecule has 1 N–H and O–H groups in total. The SMILES string of the molecule is CC(NC1CCOC1)C1CCN(C)CC1. The van der Waals surface area contributed by atoms with Crippen LogP contribution in [0, 0.1) is 5.92 Å². The zero-order chi connectivity index (χ0) is 10.7. The fourth-order valence-electron chi connectivity index (χ4n) is 2.70. The number of piperidine rings is 1. The van der Waals surface area contributed by atoms with E-state index in [9.17, 15) is 0 Å². The van der Waals surface area contributed by atoms with E-state index in [1.54, 1.807) is 0 Å². The lowest BCUT2D eigenvalue weighted by molar-refractivity contribution is 0.168. The van der Waals surface area contributed by atoms with Crippen molar-refractivity contribution in [2.75, 3.05) is 33.4 Å². The highest BCUT2D eigenvalue weighted by atomic mass is 16.5. The van der Waals surface area contributed by atoms with E-state index < -0.39 is 0 Å². The van der Waals surface area contributed by atoms with Crippen molar-refractivity contribution in [1.29, 1.82) is 0 Å². The fraction of sp³-hybridized carbons (Fsp3) is 1.00. The van der Waals surface area contributed by atoms with Crippen LogP contribution in [-0.2, 0) is 4.74 Å². The highest BCUT2D eigenvalue weighted by molar-refractivity contribution is 4.82. The molecule has 2 heterocycles. The third-order valence-corrected chi connectivity index (χ3v) is 3.90. The van der Waals surface area contributed by atoms with Crippen LogP contribution in [0.25, 0.3) is 0 Å². The van der Waals surface area contributed by atoms with Gasteiger partial charge in [0.2, 0.25) is 0 Å². The highest BCUT2D eigenvalue weighted by Gasteiger charge is 2.25. The van der Waals surface area contributed by atoms with E-state index >= 15 is 0 Å². The standard InChI is InChI=1S/C12H24N2O/c1-10(13-12-5-8-15-9-12)11-3-6-14(2)7-4-11/h10-13H,3-9H2,1-2H3. The minimum absolute atomic E-state index is 0.611. The molecular formula is C12H24N2O. The fourth-order valence-corrected chi connectivity index (χ4v) is 2.70. The Morgan fingerprint density at radius 3 is 2.60 bits per heavy atom. The van der Waals surface area contributed by atoms with Crippen LogP contribution in [-0.4, -0.2) is 50.3 Å². The molecule has 0 saturated carbocycles. The third-order valence-electron chi connectivity index (χ3n) is 3.90. The van der Waals surface area contributed by atoms with Crippen LogP contribution >= 0.6 is 0 Å². The molecule has 2 aliphatic heterocycles. The molecule has 0 spiro atoms. The predicted molar refractivity (Wildman–Crippen MR) is 62.0 cm³/mol. The molecular weight excluding hydrogens is 188 g/mol. The van der Waals surface area contributed by atoms with E-state index in [0.29, 0.717) is 12.1 Å². The Bertz CT molecular complexity index is 184. The maximum Gasteiger partial charge on any atom is 0.0620 e. The topological polar surface area (TPSA) is 24.5 Å². The Balaban J connectivity index is 1.72. The van der Waals surface area contributed by atoms with E-state index in [2.05, 4.69) is 24.2 Å². The summed E-state index contributed by atoms with van der Waals surface area (Å²) in [5.41, 5.74) is 0. The van der Waals surface area contributed by atoms with E-state index in [-0.39, 0.29) is 0 Å². The van der Waals surface area contributed by atoms with E-state index in [1.165, 1.54) is 32.4 Å². The van der Waals surface area contributed by atoms with E-state index in [1.807, 2.05) is 0 Å². The summed E-state index contributed by atoms with van der Waals surface area (Å²) in [7, 11) is 2.22. The number of rotatable bonds is 3. The van der Waals surface area contributed by atoms with Gasteiger partial charge in [-0.25, -0.2) is 0 Å². The molecule has 15 heavy (non-hydrogen) atoms. The molecule has 0 bridgehead atoms. The van der Waals surface area contributed by atoms with Gasteiger partial charge in [-0.3, -0.25) is 0 Å². The first kappa shape index (κ1) is 11.4. The molecule has 0 aromatic carbocycles. The lowest BCUT2D eigenvalue weighted by Crippen LogP contribution is -2.45. The van der Waals surface area contributed by atoms with Crippen molar-refractivity contribution in [3.63, 3.8) is 0 Å². The second kappa shape index (κ2) is 5.28. The molecule has 3 heteroatoms. The Morgan fingerprint density at radius 2 is 2.00 bits per heavy atom. The summed E-state index contributed by atoms with van der Waals surface area (Å²) in [6.07, 6.45) is 3.88. The zero-order valence-electron chi connectivity index (χ0n) is 10.0. The lowest BCUT2D eigenvalue weighted by Gasteiger charge is -2.34. The van der Waals surface area contributed by atoms with Gasteiger partial charge in [-0.05, 0) is 52.2 Å². The summed E-state index contributed by atoms with van der Waals surface area (Å²) < 4.78 is 5.39. The van der Waals surface area contributed by atoms with Gasteiger partial charge in [-0.2, -0.15) is 0 Å². The summed E-state index contributed by atoms with van der Waals surface area (Å²) >= 11 is 0. The van der Waals surface area contributed by atoms with Gasteiger partial charge < -0.3 is 15.0 Å². The normalized spacial score (nSPS) is 32.0. The molecule has 0 amide bonds. The van der Waals surface area contributed by atoms with Crippen molar-refractivity contribution in [2.24, 2.45) is 5.92 Å². The molecule has 3 nitrogen and oxygen atoms in total. The second-order valence-electron chi connectivity index (χ2n) is 5.16. The minimum Gasteiger partial charge on any atom is -0.380 e. The molecule has 0 aromatic heterocycles. The first-order valence-corrected chi connectivity index (χ1v) is 6.28. The molecule has 0 radical (unpaired) electrons. The predicted octanol–water partition coefficient (Wildman–Crippen LogP) is 1.10. The molecule has 0 aliphatic carbocycles. The van der Waals surface area contributed by atoms with Crippen LogP contribution < -0.4 is 5.32 Å². The Labute approximate surface area is 93.2 Å². The van der Waals surface area contributed by atoms with Crippen LogP contribution in [0.4, 0.5) is 0 Å². The smallest absolute Gasteiger partial charge is 0.0620 e. The van der Waals surface area contributed by atoms with Crippen LogP contribution in [0.5, 0.6) is 0 Å². The number of nitrogens with one attached hydrogen (secondary N) is 1. The van der Waals surface area contributed by atoms with Gasteiger partial charge in [-0.1, -0.05) is 0 Å². The van der Waals surface area contributed by atoms with Crippen molar-refractivity contribution < 1.29 is 4.74 Å². The van der Waals surface area contributed by atoms with Crippen molar-refractivity contribution in [3.8, 4) is 0 Å². The van der Waals surface area contributed by atoms with Gasteiger partial charge in [0.15, 0.2) is 0 Å². The first-order chi connectivity index (χ1) is 7.25. The van der Waals surface area contributed by atoms with Crippen LogP contribution in [0.1, 0.15) is 26.2 Å². The minimum atomic E-state index is 0.611. The number of hydrogen-bond acceptors (Lipinski definition) is 3. The number of likely N-dealkylation sites (tertiary alicyclic amines) is 1. The van der Waals surface area contributed by atoms with E-state index in [4.69, 9.17) is 4.74 Å². The van der Waals surface area contributed by atoms with Gasteiger partial charge in [0.1, 0.15) is 0 Å². The molecule has 2 atom stereocenters. The van der Waals surface area contributed by atoms with Gasteiger partial charge in [0.05, 0.1) is 6.61 Å². The molecule has 2 fully saturated rings. The van der Waals surface area contributed by atoms with Crippen molar-refractivity contribution >= 4 is 0 Å². The summed E-state index contributed by atoms with van der Waals surface area (Å²) in [4.78, 5) is 2.43. The maximum atomic E-state index is 5.39. The first-order valence-electron chi connectivity index (χ1n) is 6.28. The summed E-state index contributed by atoms with van der Waals surface area (Å²) in [6, 6.07) is 1.27. The van der Waals surface area contributed by atoms with Crippen molar-refractivity contribution in [3.05, 3.63) is 0 Å². The molecule has 2 unspecified atom stereocenters. The van der Waals surface area contributed by atoms with Crippen molar-refractivity contribution in [1.82, 2.24) is 10.2 Å². The van der Waals surface area contributed by atoms with Gasteiger partial charge in [0, 0.05) is 18.7 Å². The summed E-state index contributed by atoms with van der Waals surface area (Å²) in [5, 5.41) is 3.72. The van der Waals surface area contributed by atoms with Gasteiger partial charge in [-0.15, -0.1) is 0 Å². The third kappa shape index (κ3) is 3.16. The quantitative estimate of drug-likeness (QED) is 0.758. The molecule has 2 saturated heterocycles. The molecule has 0 aromatic rings. The zero-order valence-corrected chi connectivity index (χ0v) is 10.0. The number of ether oxygens (including phenoxy) is 1. The Kier molecular flexibility index (Phi) is 4.00. The summed E-state index contributed by atoms with van der Waals surface area (Å²) in [5.74, 6) is 0.863. The lowest BCUT2D eigenvalue weighted by atomic mass is 9.90. The summed E-state index contributed by atoms with van der Waals surface area (Å²) in [6.45, 7) is 6.72. The van der Waals surface area contributed by atoms with Crippen LogP contribution in [0.15, 0.2) is 0 Å². The average molecular weight is 212 g/mol. The van der Waals surface area contributed by atoms with Crippen molar-refractivity contribution in [2.45, 2.75) is 38.3 Å². The van der Waals surface area contributed by atoms with Crippen LogP contribution in [0.3, 0.4) is 0 Å². The molecule has 2 aliphatic rings. The van der Waals surface area contributed by atoms with E-state index in [0.717, 1.165) is 19.1 Å². The number of hydrogen-bond donors (Lipinski definition) is 1. The monoisotopic (exact) mass is 212 g/mol. The molecule has 2 rings (SSSR count). The second-order valence-corrected chi connectivity index (χ2v) is 5.16. The van der Waals surface area contributed by atoms with Gasteiger partial charge >= 0.3 is 0 Å². The number of nitrogens with zero attached hydrogens (tertiary/aromatic N) is 1.